The Kier molecular flexibility index (Phi) is 3.85. The third-order valence-corrected chi connectivity index (χ3v) is 5.07. The number of nitrogens with one attached hydrogen (secondary N) is 1. The molecule has 0 radical (unpaired) electrons. The molecule has 3 N–H and O–H groups in total. The molecular formula is C16H22FN3O. The Balaban J connectivity index is 1.69. The van der Waals surface area contributed by atoms with Crippen LogP contribution in [0.15, 0.2) is 18.2 Å². The van der Waals surface area contributed by atoms with Crippen molar-refractivity contribution in [1.82, 2.24) is 5.32 Å². The molecule has 1 aromatic carbocycles. The number of rotatable bonds is 2. The van der Waals surface area contributed by atoms with Crippen molar-refractivity contribution in [1.29, 1.82) is 0 Å². The molecule has 2 aliphatic rings. The Labute approximate surface area is 124 Å². The first-order chi connectivity index (χ1) is 10.1. The number of primary amides is 1. The lowest BCUT2D eigenvalue weighted by Gasteiger charge is -2.45. The topological polar surface area (TPSA) is 58.4 Å². The van der Waals surface area contributed by atoms with E-state index in [0.717, 1.165) is 44.7 Å². The summed E-state index contributed by atoms with van der Waals surface area (Å²) in [6.07, 6.45) is 4.81. The van der Waals surface area contributed by atoms with E-state index >= 15 is 0 Å². The van der Waals surface area contributed by atoms with Gasteiger partial charge in [0.05, 0.1) is 5.56 Å². The monoisotopic (exact) mass is 291 g/mol. The SMILES string of the molecule is NC(=O)c1ccc(N2CCC3(CCNCC3)CC2)cc1F. The van der Waals surface area contributed by atoms with Crippen LogP contribution in [0.4, 0.5) is 10.1 Å². The number of carbonyl (C=O) groups excluding carboxylic acids is 1. The van der Waals surface area contributed by atoms with Crippen LogP contribution in [-0.4, -0.2) is 32.1 Å². The number of amides is 1. The molecule has 2 saturated heterocycles. The normalized spacial score (nSPS) is 21.5. The van der Waals surface area contributed by atoms with Crippen LogP contribution in [0.2, 0.25) is 0 Å². The van der Waals surface area contributed by atoms with Crippen molar-refractivity contribution in [2.24, 2.45) is 11.1 Å². The molecule has 0 saturated carbocycles. The Morgan fingerprint density at radius 3 is 2.43 bits per heavy atom. The van der Waals surface area contributed by atoms with Gasteiger partial charge in [-0.25, -0.2) is 4.39 Å². The van der Waals surface area contributed by atoms with Gasteiger partial charge < -0.3 is 16.0 Å². The molecule has 0 bridgehead atoms. The van der Waals surface area contributed by atoms with Crippen molar-refractivity contribution >= 4 is 11.6 Å². The van der Waals surface area contributed by atoms with Gasteiger partial charge in [-0.3, -0.25) is 4.79 Å². The Morgan fingerprint density at radius 1 is 1.19 bits per heavy atom. The van der Waals surface area contributed by atoms with E-state index in [1.54, 1.807) is 6.07 Å². The number of hydrogen-bond donors (Lipinski definition) is 2. The van der Waals surface area contributed by atoms with Gasteiger partial charge in [-0.15, -0.1) is 0 Å². The Hall–Kier alpha value is -1.62. The molecule has 1 aromatic rings. The van der Waals surface area contributed by atoms with Gasteiger partial charge in [0.15, 0.2) is 0 Å². The molecule has 114 valence electrons. The highest BCUT2D eigenvalue weighted by Crippen LogP contribution is 2.40. The maximum absolute atomic E-state index is 13.9. The van der Waals surface area contributed by atoms with Crippen molar-refractivity contribution in [2.75, 3.05) is 31.1 Å². The minimum atomic E-state index is -0.716. The summed E-state index contributed by atoms with van der Waals surface area (Å²) in [6, 6.07) is 4.71. The van der Waals surface area contributed by atoms with Gasteiger partial charge in [0, 0.05) is 18.8 Å². The molecule has 0 aromatic heterocycles. The van der Waals surface area contributed by atoms with Crippen LogP contribution in [0.3, 0.4) is 0 Å². The molecule has 3 rings (SSSR count). The van der Waals surface area contributed by atoms with Crippen molar-refractivity contribution < 1.29 is 9.18 Å². The van der Waals surface area contributed by atoms with Crippen LogP contribution in [0, 0.1) is 11.2 Å². The van der Waals surface area contributed by atoms with E-state index in [1.807, 2.05) is 0 Å². The highest BCUT2D eigenvalue weighted by molar-refractivity contribution is 5.93. The lowest BCUT2D eigenvalue weighted by atomic mass is 9.71. The summed E-state index contributed by atoms with van der Waals surface area (Å²) in [5.41, 5.74) is 6.43. The van der Waals surface area contributed by atoms with Gasteiger partial charge in [0.25, 0.3) is 5.91 Å². The first-order valence-corrected chi connectivity index (χ1v) is 7.65. The number of benzene rings is 1. The second-order valence-corrected chi connectivity index (χ2v) is 6.27. The third-order valence-electron chi connectivity index (χ3n) is 5.07. The summed E-state index contributed by atoms with van der Waals surface area (Å²) < 4.78 is 13.9. The summed E-state index contributed by atoms with van der Waals surface area (Å²) in [4.78, 5) is 13.3. The quantitative estimate of drug-likeness (QED) is 0.875. The standard InChI is InChI=1S/C16H22FN3O/c17-14-11-12(1-2-13(14)15(18)21)20-9-5-16(6-10-20)3-7-19-8-4-16/h1-2,11,19H,3-10H2,(H2,18,21). The van der Waals surface area contributed by atoms with Gasteiger partial charge in [0.2, 0.25) is 0 Å². The first-order valence-electron chi connectivity index (χ1n) is 7.65. The fourth-order valence-electron chi connectivity index (χ4n) is 3.60. The number of nitrogens with zero attached hydrogens (tertiary/aromatic N) is 1. The molecule has 2 fully saturated rings. The van der Waals surface area contributed by atoms with E-state index in [1.165, 1.54) is 25.0 Å². The van der Waals surface area contributed by atoms with Crippen LogP contribution in [0.5, 0.6) is 0 Å². The van der Waals surface area contributed by atoms with Crippen LogP contribution >= 0.6 is 0 Å². The summed E-state index contributed by atoms with van der Waals surface area (Å²) in [6.45, 7) is 4.13. The maximum atomic E-state index is 13.9. The largest absolute Gasteiger partial charge is 0.371 e. The molecular weight excluding hydrogens is 269 g/mol. The maximum Gasteiger partial charge on any atom is 0.251 e. The predicted octanol–water partition coefficient (Wildman–Crippen LogP) is 1.89. The highest BCUT2D eigenvalue weighted by atomic mass is 19.1. The first kappa shape index (κ1) is 14.3. The minimum Gasteiger partial charge on any atom is -0.371 e. The summed E-state index contributed by atoms with van der Waals surface area (Å²) in [5.74, 6) is -1.24. The van der Waals surface area contributed by atoms with Crippen LogP contribution in [0.25, 0.3) is 0 Å². The smallest absolute Gasteiger partial charge is 0.251 e. The molecule has 0 unspecified atom stereocenters. The summed E-state index contributed by atoms with van der Waals surface area (Å²) in [7, 11) is 0. The lowest BCUT2D eigenvalue weighted by molar-refractivity contribution is 0.0996. The van der Waals surface area contributed by atoms with Gasteiger partial charge >= 0.3 is 0 Å². The third kappa shape index (κ3) is 2.88. The van der Waals surface area contributed by atoms with E-state index in [0.29, 0.717) is 5.41 Å². The number of anilines is 1. The van der Waals surface area contributed by atoms with E-state index in [2.05, 4.69) is 10.2 Å². The summed E-state index contributed by atoms with van der Waals surface area (Å²) in [5, 5.41) is 3.42. The minimum absolute atomic E-state index is 0.0365. The molecule has 2 aliphatic heterocycles. The molecule has 0 aliphatic carbocycles. The number of halogens is 1. The fourth-order valence-corrected chi connectivity index (χ4v) is 3.60. The average molecular weight is 291 g/mol. The lowest BCUT2D eigenvalue weighted by Crippen LogP contribution is -2.45. The number of carbonyl (C=O) groups is 1. The van der Waals surface area contributed by atoms with Gasteiger partial charge in [0.1, 0.15) is 5.82 Å². The Bertz CT molecular complexity index is 530. The second kappa shape index (κ2) is 5.64. The molecule has 1 amide bonds. The fraction of sp³-hybridized carbons (Fsp3) is 0.562. The molecule has 4 nitrogen and oxygen atoms in total. The van der Waals surface area contributed by atoms with Crippen molar-refractivity contribution in [3.8, 4) is 0 Å². The van der Waals surface area contributed by atoms with Crippen molar-refractivity contribution in [3.05, 3.63) is 29.6 Å². The van der Waals surface area contributed by atoms with Crippen LogP contribution in [-0.2, 0) is 0 Å². The number of hydrogen-bond acceptors (Lipinski definition) is 3. The zero-order chi connectivity index (χ0) is 14.9. The molecule has 5 heteroatoms. The second-order valence-electron chi connectivity index (χ2n) is 6.27. The van der Waals surface area contributed by atoms with Crippen LogP contribution in [0.1, 0.15) is 36.0 Å². The number of piperidine rings is 2. The molecule has 0 atom stereocenters. The van der Waals surface area contributed by atoms with Gasteiger partial charge in [-0.2, -0.15) is 0 Å². The zero-order valence-electron chi connectivity index (χ0n) is 12.2. The molecule has 2 heterocycles. The van der Waals surface area contributed by atoms with Crippen molar-refractivity contribution in [3.63, 3.8) is 0 Å². The van der Waals surface area contributed by atoms with Crippen molar-refractivity contribution in [2.45, 2.75) is 25.7 Å². The zero-order valence-corrected chi connectivity index (χ0v) is 12.2. The van der Waals surface area contributed by atoms with Gasteiger partial charge in [-0.1, -0.05) is 0 Å². The average Bonchev–Trinajstić information content (AvgIpc) is 2.48. The highest BCUT2D eigenvalue weighted by Gasteiger charge is 2.35. The van der Waals surface area contributed by atoms with E-state index in [-0.39, 0.29) is 5.56 Å². The van der Waals surface area contributed by atoms with E-state index < -0.39 is 11.7 Å². The predicted molar refractivity (Wildman–Crippen MR) is 80.9 cm³/mol. The van der Waals surface area contributed by atoms with E-state index in [4.69, 9.17) is 5.73 Å². The van der Waals surface area contributed by atoms with Crippen LogP contribution < -0.4 is 16.0 Å². The van der Waals surface area contributed by atoms with E-state index in [9.17, 15) is 9.18 Å². The molecule has 1 spiro atoms. The van der Waals surface area contributed by atoms with Gasteiger partial charge in [-0.05, 0) is 62.4 Å². The molecule has 21 heavy (non-hydrogen) atoms. The summed E-state index contributed by atoms with van der Waals surface area (Å²) >= 11 is 0. The Morgan fingerprint density at radius 2 is 1.86 bits per heavy atom. The number of nitrogens with two attached hydrogens (primary N) is 1.